The normalized spacial score (nSPS) is 11.7. The summed E-state index contributed by atoms with van der Waals surface area (Å²) in [5.41, 5.74) is 3.75. The van der Waals surface area contributed by atoms with Crippen molar-refractivity contribution in [2.24, 2.45) is 5.92 Å². The number of hydrogen-bond acceptors (Lipinski definition) is 2. The Hall–Kier alpha value is -1.82. The third-order valence-corrected chi connectivity index (χ3v) is 3.46. The van der Waals surface area contributed by atoms with Crippen LogP contribution in [-0.2, 0) is 11.2 Å². The van der Waals surface area contributed by atoms with E-state index in [1.54, 1.807) is 11.9 Å². The number of carbonyl (C=O) groups is 1. The first-order valence-corrected chi connectivity index (χ1v) is 6.70. The summed E-state index contributed by atoms with van der Waals surface area (Å²) in [7, 11) is 1.77. The number of nitriles is 1. The minimum atomic E-state index is -0.511. The van der Waals surface area contributed by atoms with E-state index in [4.69, 9.17) is 5.26 Å². The fourth-order valence-electron chi connectivity index (χ4n) is 2.06. The molecule has 102 valence electrons. The Balaban J connectivity index is 2.64. The predicted octanol–water partition coefficient (Wildman–Crippen LogP) is 2.85. The molecule has 0 bridgehead atoms. The number of aryl methyl sites for hydroxylation is 2. The summed E-state index contributed by atoms with van der Waals surface area (Å²) in [4.78, 5) is 13.6. The molecule has 0 heterocycles. The van der Waals surface area contributed by atoms with Gasteiger partial charge in [0.2, 0.25) is 5.91 Å². The molecule has 1 amide bonds. The molecule has 3 nitrogen and oxygen atoms in total. The van der Waals surface area contributed by atoms with Crippen LogP contribution in [0.25, 0.3) is 0 Å². The van der Waals surface area contributed by atoms with Crippen LogP contribution >= 0.6 is 0 Å². The lowest BCUT2D eigenvalue weighted by atomic mass is 10.0. The van der Waals surface area contributed by atoms with E-state index in [0.717, 1.165) is 6.42 Å². The van der Waals surface area contributed by atoms with Crippen LogP contribution in [0.2, 0.25) is 0 Å². The van der Waals surface area contributed by atoms with Crippen molar-refractivity contribution in [1.82, 2.24) is 4.90 Å². The molecule has 0 spiro atoms. The summed E-state index contributed by atoms with van der Waals surface area (Å²) in [5, 5.41) is 8.91. The second-order valence-electron chi connectivity index (χ2n) is 5.03. The van der Waals surface area contributed by atoms with E-state index in [1.165, 1.54) is 16.7 Å². The number of hydrogen-bond donors (Lipinski definition) is 0. The second kappa shape index (κ2) is 6.94. The zero-order valence-corrected chi connectivity index (χ0v) is 12.2. The Morgan fingerprint density at radius 3 is 2.68 bits per heavy atom. The lowest BCUT2D eigenvalue weighted by molar-refractivity contribution is -0.132. The van der Waals surface area contributed by atoms with Crippen LogP contribution in [0.1, 0.15) is 30.0 Å². The van der Waals surface area contributed by atoms with Gasteiger partial charge in [0.1, 0.15) is 5.92 Å². The van der Waals surface area contributed by atoms with Crippen LogP contribution in [0.4, 0.5) is 0 Å². The van der Waals surface area contributed by atoms with Gasteiger partial charge in [-0.1, -0.05) is 30.7 Å². The maximum Gasteiger partial charge on any atom is 0.239 e. The molecule has 0 aliphatic carbocycles. The zero-order valence-electron chi connectivity index (χ0n) is 12.2. The predicted molar refractivity (Wildman–Crippen MR) is 76.7 cm³/mol. The van der Waals surface area contributed by atoms with E-state index in [9.17, 15) is 4.79 Å². The molecular weight excluding hydrogens is 236 g/mol. The van der Waals surface area contributed by atoms with Crippen LogP contribution in [-0.4, -0.2) is 24.4 Å². The third-order valence-electron chi connectivity index (χ3n) is 3.46. The zero-order chi connectivity index (χ0) is 14.4. The van der Waals surface area contributed by atoms with Gasteiger partial charge in [0.05, 0.1) is 6.07 Å². The molecule has 0 fully saturated rings. The average Bonchev–Trinajstić information content (AvgIpc) is 2.40. The van der Waals surface area contributed by atoms with E-state index in [-0.39, 0.29) is 5.91 Å². The van der Waals surface area contributed by atoms with Crippen molar-refractivity contribution in [3.63, 3.8) is 0 Å². The number of carbonyl (C=O) groups excluding carboxylic acids is 1. The van der Waals surface area contributed by atoms with Gasteiger partial charge in [-0.25, -0.2) is 0 Å². The summed E-state index contributed by atoms with van der Waals surface area (Å²) < 4.78 is 0. The van der Waals surface area contributed by atoms with Gasteiger partial charge in [0.15, 0.2) is 0 Å². The van der Waals surface area contributed by atoms with Crippen LogP contribution in [0.15, 0.2) is 18.2 Å². The highest BCUT2D eigenvalue weighted by atomic mass is 16.2. The Morgan fingerprint density at radius 1 is 1.42 bits per heavy atom. The average molecular weight is 258 g/mol. The molecule has 1 unspecified atom stereocenters. The monoisotopic (exact) mass is 258 g/mol. The first kappa shape index (κ1) is 15.2. The van der Waals surface area contributed by atoms with Crippen LogP contribution in [0, 0.1) is 31.1 Å². The smallest absolute Gasteiger partial charge is 0.239 e. The van der Waals surface area contributed by atoms with Gasteiger partial charge in [-0.15, -0.1) is 0 Å². The molecule has 0 aromatic heterocycles. The van der Waals surface area contributed by atoms with Crippen molar-refractivity contribution < 1.29 is 4.79 Å². The maximum absolute atomic E-state index is 12.0. The molecule has 0 aliphatic heterocycles. The molecule has 1 aromatic rings. The molecule has 1 aromatic carbocycles. The third kappa shape index (κ3) is 4.10. The summed E-state index contributed by atoms with van der Waals surface area (Å²) in [5.74, 6) is -0.584. The van der Waals surface area contributed by atoms with Gasteiger partial charge in [-0.2, -0.15) is 5.26 Å². The van der Waals surface area contributed by atoms with Crippen molar-refractivity contribution in [2.75, 3.05) is 13.6 Å². The Labute approximate surface area is 115 Å². The lowest BCUT2D eigenvalue weighted by Gasteiger charge is -2.20. The Kier molecular flexibility index (Phi) is 5.57. The van der Waals surface area contributed by atoms with Gasteiger partial charge in [-0.05, 0) is 37.8 Å². The van der Waals surface area contributed by atoms with Crippen molar-refractivity contribution in [1.29, 1.82) is 5.26 Å². The maximum atomic E-state index is 12.0. The highest BCUT2D eigenvalue weighted by molar-refractivity contribution is 5.80. The number of rotatable bonds is 5. The highest BCUT2D eigenvalue weighted by Crippen LogP contribution is 2.12. The van der Waals surface area contributed by atoms with E-state index in [1.807, 2.05) is 6.92 Å². The van der Waals surface area contributed by atoms with Crippen molar-refractivity contribution in [3.8, 4) is 6.07 Å². The number of likely N-dealkylation sites (N-methyl/N-ethyl adjacent to an activating group) is 1. The highest BCUT2D eigenvalue weighted by Gasteiger charge is 2.19. The fraction of sp³-hybridized carbons (Fsp3) is 0.500. The minimum absolute atomic E-state index is 0.0738. The van der Waals surface area contributed by atoms with Gasteiger partial charge in [0, 0.05) is 13.6 Å². The fourth-order valence-corrected chi connectivity index (χ4v) is 2.06. The molecule has 1 rings (SSSR count). The van der Waals surface area contributed by atoms with E-state index in [0.29, 0.717) is 13.0 Å². The van der Waals surface area contributed by atoms with Crippen molar-refractivity contribution in [3.05, 3.63) is 34.9 Å². The summed E-state index contributed by atoms with van der Waals surface area (Å²) in [6.07, 6.45) is 1.40. The van der Waals surface area contributed by atoms with Gasteiger partial charge in [0.25, 0.3) is 0 Å². The number of benzene rings is 1. The van der Waals surface area contributed by atoms with Crippen LogP contribution in [0.3, 0.4) is 0 Å². The topological polar surface area (TPSA) is 44.1 Å². The first-order valence-electron chi connectivity index (χ1n) is 6.70. The molecular formula is C16H22N2O. The molecule has 0 saturated heterocycles. The summed E-state index contributed by atoms with van der Waals surface area (Å²) in [6.45, 7) is 6.67. The molecule has 0 saturated carbocycles. The minimum Gasteiger partial charge on any atom is -0.344 e. The largest absolute Gasteiger partial charge is 0.344 e. The molecule has 0 radical (unpaired) electrons. The summed E-state index contributed by atoms with van der Waals surface area (Å²) >= 11 is 0. The van der Waals surface area contributed by atoms with E-state index in [2.05, 4.69) is 38.1 Å². The Bertz CT molecular complexity index is 488. The quantitative estimate of drug-likeness (QED) is 0.815. The molecule has 3 heteroatoms. The molecule has 19 heavy (non-hydrogen) atoms. The summed E-state index contributed by atoms with van der Waals surface area (Å²) in [6, 6.07) is 8.42. The van der Waals surface area contributed by atoms with Crippen molar-refractivity contribution >= 4 is 5.91 Å². The molecule has 1 atom stereocenters. The molecule has 0 aliphatic rings. The van der Waals surface area contributed by atoms with E-state index < -0.39 is 5.92 Å². The standard InChI is InChI=1S/C16H22N2O/c1-5-14(11-17)16(19)18(4)9-8-15-10-12(2)6-7-13(15)3/h6-7,10,14H,5,8-9H2,1-4H3. The number of amides is 1. The molecule has 0 N–H and O–H groups in total. The second-order valence-corrected chi connectivity index (χ2v) is 5.03. The van der Waals surface area contributed by atoms with Crippen LogP contribution < -0.4 is 0 Å². The van der Waals surface area contributed by atoms with Gasteiger partial charge in [-0.3, -0.25) is 4.79 Å². The van der Waals surface area contributed by atoms with E-state index >= 15 is 0 Å². The van der Waals surface area contributed by atoms with Crippen molar-refractivity contribution in [2.45, 2.75) is 33.6 Å². The lowest BCUT2D eigenvalue weighted by Crippen LogP contribution is -2.33. The van der Waals surface area contributed by atoms with Gasteiger partial charge < -0.3 is 4.90 Å². The Morgan fingerprint density at radius 2 is 2.11 bits per heavy atom. The van der Waals surface area contributed by atoms with Gasteiger partial charge >= 0.3 is 0 Å². The number of nitrogens with zero attached hydrogens (tertiary/aromatic N) is 2. The van der Waals surface area contributed by atoms with Crippen LogP contribution in [0.5, 0.6) is 0 Å². The SMILES string of the molecule is CCC(C#N)C(=O)N(C)CCc1cc(C)ccc1C. The first-order chi connectivity index (χ1) is 8.99.